The van der Waals surface area contributed by atoms with Gasteiger partial charge < -0.3 is 5.32 Å². The van der Waals surface area contributed by atoms with E-state index < -0.39 is 5.41 Å². The van der Waals surface area contributed by atoms with Crippen LogP contribution in [0.5, 0.6) is 0 Å². The monoisotopic (exact) mass is 192 g/mol. The highest BCUT2D eigenvalue weighted by Crippen LogP contribution is 2.44. The van der Waals surface area contributed by atoms with E-state index in [9.17, 15) is 4.79 Å². The predicted octanol–water partition coefficient (Wildman–Crippen LogP) is 1.60. The van der Waals surface area contributed by atoms with Crippen molar-refractivity contribution in [1.82, 2.24) is 5.32 Å². The largest absolute Gasteiger partial charge is 0.355 e. The molecule has 0 unspecified atom stereocenters. The maximum atomic E-state index is 11.5. The van der Waals surface area contributed by atoms with E-state index in [-0.39, 0.29) is 5.91 Å². The molecule has 2 fully saturated rings. The van der Waals surface area contributed by atoms with Gasteiger partial charge in [-0.2, -0.15) is 5.26 Å². The van der Waals surface area contributed by atoms with Crippen LogP contribution in [0.2, 0.25) is 0 Å². The summed E-state index contributed by atoms with van der Waals surface area (Å²) in [6.45, 7) is 0.749. The van der Waals surface area contributed by atoms with Crippen molar-refractivity contribution in [2.24, 2.45) is 11.3 Å². The minimum absolute atomic E-state index is 0.0456. The Balaban J connectivity index is 1.60. The van der Waals surface area contributed by atoms with E-state index in [4.69, 9.17) is 5.26 Å². The summed E-state index contributed by atoms with van der Waals surface area (Å²) in [4.78, 5) is 11.5. The highest BCUT2D eigenvalue weighted by molar-refractivity contribution is 5.88. The lowest BCUT2D eigenvalue weighted by atomic mass is 10.1. The molecule has 3 nitrogen and oxygen atoms in total. The fraction of sp³-hybridized carbons (Fsp3) is 0.818. The molecule has 0 aromatic carbocycles. The first-order valence-corrected chi connectivity index (χ1v) is 5.46. The summed E-state index contributed by atoms with van der Waals surface area (Å²) in [5, 5.41) is 11.6. The van der Waals surface area contributed by atoms with E-state index in [1.807, 2.05) is 0 Å². The third-order valence-corrected chi connectivity index (χ3v) is 3.17. The van der Waals surface area contributed by atoms with Crippen LogP contribution >= 0.6 is 0 Å². The van der Waals surface area contributed by atoms with E-state index in [1.54, 1.807) is 0 Å². The molecule has 2 rings (SSSR count). The standard InChI is InChI=1S/C11H16N2O/c12-8-11(5-6-11)10(14)13-7-1-2-9-3-4-9/h9H,1-7H2,(H,13,14). The molecule has 0 radical (unpaired) electrons. The molecule has 14 heavy (non-hydrogen) atoms. The molecule has 76 valence electrons. The van der Waals surface area contributed by atoms with Crippen molar-refractivity contribution in [3.05, 3.63) is 0 Å². The number of nitrogens with zero attached hydrogens (tertiary/aromatic N) is 1. The molecule has 2 aliphatic carbocycles. The van der Waals surface area contributed by atoms with Gasteiger partial charge in [0.15, 0.2) is 0 Å². The van der Waals surface area contributed by atoms with Gasteiger partial charge >= 0.3 is 0 Å². The average Bonchev–Trinajstić information content (AvgIpc) is 3.03. The molecule has 1 amide bonds. The molecule has 0 aromatic heterocycles. The maximum absolute atomic E-state index is 11.5. The van der Waals surface area contributed by atoms with Crippen LogP contribution in [-0.4, -0.2) is 12.5 Å². The first-order valence-electron chi connectivity index (χ1n) is 5.46. The second-order valence-corrected chi connectivity index (χ2v) is 4.54. The van der Waals surface area contributed by atoms with Crippen molar-refractivity contribution in [2.75, 3.05) is 6.54 Å². The number of carbonyl (C=O) groups excluding carboxylic acids is 1. The van der Waals surface area contributed by atoms with Gasteiger partial charge in [-0.15, -0.1) is 0 Å². The SMILES string of the molecule is N#CC1(C(=O)NCCCC2CC2)CC1. The highest BCUT2D eigenvalue weighted by atomic mass is 16.2. The summed E-state index contributed by atoms with van der Waals surface area (Å²) < 4.78 is 0. The molecule has 0 bridgehead atoms. The minimum atomic E-state index is -0.639. The molecular weight excluding hydrogens is 176 g/mol. The Morgan fingerprint density at radius 1 is 1.50 bits per heavy atom. The molecular formula is C11H16N2O. The lowest BCUT2D eigenvalue weighted by molar-refractivity contribution is -0.124. The van der Waals surface area contributed by atoms with Gasteiger partial charge in [0, 0.05) is 6.54 Å². The molecule has 2 aliphatic rings. The smallest absolute Gasteiger partial charge is 0.240 e. The van der Waals surface area contributed by atoms with E-state index in [0.717, 1.165) is 31.7 Å². The lowest BCUT2D eigenvalue weighted by Crippen LogP contribution is -2.31. The van der Waals surface area contributed by atoms with E-state index in [0.29, 0.717) is 0 Å². The van der Waals surface area contributed by atoms with Crippen molar-refractivity contribution in [3.63, 3.8) is 0 Å². The van der Waals surface area contributed by atoms with E-state index >= 15 is 0 Å². The molecule has 2 saturated carbocycles. The zero-order chi connectivity index (χ0) is 10.0. The van der Waals surface area contributed by atoms with Gasteiger partial charge in [-0.3, -0.25) is 4.79 Å². The normalized spacial score (nSPS) is 22.5. The third kappa shape index (κ3) is 2.06. The van der Waals surface area contributed by atoms with Gasteiger partial charge in [0.05, 0.1) is 6.07 Å². The maximum Gasteiger partial charge on any atom is 0.240 e. The first-order chi connectivity index (χ1) is 6.77. The number of amides is 1. The van der Waals surface area contributed by atoms with Crippen LogP contribution in [0, 0.1) is 22.7 Å². The average molecular weight is 192 g/mol. The fourth-order valence-corrected chi connectivity index (χ4v) is 1.68. The van der Waals surface area contributed by atoms with Crippen LogP contribution in [-0.2, 0) is 4.79 Å². The molecule has 0 spiro atoms. The number of nitrogens with one attached hydrogen (secondary N) is 1. The first kappa shape index (κ1) is 9.51. The van der Waals surface area contributed by atoms with Crippen molar-refractivity contribution in [1.29, 1.82) is 5.26 Å². The molecule has 0 aromatic rings. The van der Waals surface area contributed by atoms with Crippen LogP contribution in [0.3, 0.4) is 0 Å². The van der Waals surface area contributed by atoms with Crippen LogP contribution < -0.4 is 5.32 Å². The summed E-state index contributed by atoms with van der Waals surface area (Å²) in [6.07, 6.45) is 6.54. The topological polar surface area (TPSA) is 52.9 Å². The Bertz CT molecular complexity index is 272. The van der Waals surface area contributed by atoms with Gasteiger partial charge in [-0.1, -0.05) is 12.8 Å². The molecule has 0 atom stereocenters. The number of carbonyl (C=O) groups is 1. The molecule has 0 aliphatic heterocycles. The van der Waals surface area contributed by atoms with E-state index in [1.165, 1.54) is 19.3 Å². The lowest BCUT2D eigenvalue weighted by Gasteiger charge is -2.07. The molecule has 3 heteroatoms. The summed E-state index contributed by atoms with van der Waals surface area (Å²) in [5.74, 6) is 0.883. The van der Waals surface area contributed by atoms with Crippen molar-refractivity contribution < 1.29 is 4.79 Å². The Morgan fingerprint density at radius 3 is 2.71 bits per heavy atom. The predicted molar refractivity (Wildman–Crippen MR) is 52.2 cm³/mol. The van der Waals surface area contributed by atoms with Gasteiger partial charge in [0.1, 0.15) is 5.41 Å². The van der Waals surface area contributed by atoms with Gasteiger partial charge in [-0.25, -0.2) is 0 Å². The zero-order valence-electron chi connectivity index (χ0n) is 8.38. The van der Waals surface area contributed by atoms with Gasteiger partial charge in [0.2, 0.25) is 5.91 Å². The molecule has 1 N–H and O–H groups in total. The van der Waals surface area contributed by atoms with Gasteiger partial charge in [0.25, 0.3) is 0 Å². The van der Waals surface area contributed by atoms with Crippen molar-refractivity contribution in [3.8, 4) is 6.07 Å². The Morgan fingerprint density at radius 2 is 2.21 bits per heavy atom. The minimum Gasteiger partial charge on any atom is -0.355 e. The third-order valence-electron chi connectivity index (χ3n) is 3.17. The highest BCUT2D eigenvalue weighted by Gasteiger charge is 2.50. The number of nitriles is 1. The van der Waals surface area contributed by atoms with Crippen LogP contribution in [0.25, 0.3) is 0 Å². The number of hydrogen-bond acceptors (Lipinski definition) is 2. The van der Waals surface area contributed by atoms with Crippen molar-refractivity contribution in [2.45, 2.75) is 38.5 Å². The van der Waals surface area contributed by atoms with Gasteiger partial charge in [-0.05, 0) is 31.6 Å². The summed E-state index contributed by atoms with van der Waals surface area (Å²) >= 11 is 0. The molecule has 0 heterocycles. The Kier molecular flexibility index (Phi) is 2.45. The fourth-order valence-electron chi connectivity index (χ4n) is 1.68. The Labute approximate surface area is 84.5 Å². The molecule has 0 saturated heterocycles. The Hall–Kier alpha value is -1.04. The van der Waals surface area contributed by atoms with Crippen LogP contribution in [0.4, 0.5) is 0 Å². The van der Waals surface area contributed by atoms with Crippen LogP contribution in [0.15, 0.2) is 0 Å². The summed E-state index contributed by atoms with van der Waals surface area (Å²) in [7, 11) is 0. The van der Waals surface area contributed by atoms with E-state index in [2.05, 4.69) is 11.4 Å². The zero-order valence-corrected chi connectivity index (χ0v) is 8.38. The second kappa shape index (κ2) is 3.61. The van der Waals surface area contributed by atoms with Crippen molar-refractivity contribution >= 4 is 5.91 Å². The summed E-state index contributed by atoms with van der Waals surface area (Å²) in [6, 6.07) is 2.10. The number of hydrogen-bond donors (Lipinski definition) is 1. The second-order valence-electron chi connectivity index (χ2n) is 4.54. The number of rotatable bonds is 5. The summed E-state index contributed by atoms with van der Waals surface area (Å²) in [5.41, 5.74) is -0.639. The van der Waals surface area contributed by atoms with Crippen LogP contribution in [0.1, 0.15) is 38.5 Å². The quantitative estimate of drug-likeness (QED) is 0.672.